The van der Waals surface area contributed by atoms with E-state index in [2.05, 4.69) is 5.32 Å². The third-order valence-corrected chi connectivity index (χ3v) is 2.45. The van der Waals surface area contributed by atoms with Crippen molar-refractivity contribution in [2.24, 2.45) is 11.7 Å². The van der Waals surface area contributed by atoms with E-state index >= 15 is 0 Å². The van der Waals surface area contributed by atoms with Crippen molar-refractivity contribution in [3.8, 4) is 0 Å². The average Bonchev–Trinajstić information content (AvgIpc) is 2.30. The molecule has 0 aromatic heterocycles. The molecule has 2 atom stereocenters. The Bertz CT molecular complexity index is 188. The zero-order valence-corrected chi connectivity index (χ0v) is 10.2. The zero-order chi connectivity index (χ0) is 12.4. The van der Waals surface area contributed by atoms with Gasteiger partial charge in [-0.3, -0.25) is 4.79 Å². The molecule has 0 aromatic carbocycles. The number of methoxy groups -OCH3 is 1. The van der Waals surface area contributed by atoms with Gasteiger partial charge in [0.15, 0.2) is 0 Å². The molecule has 16 heavy (non-hydrogen) atoms. The first-order valence-electron chi connectivity index (χ1n) is 5.74. The van der Waals surface area contributed by atoms with Crippen LogP contribution in [0.15, 0.2) is 0 Å². The lowest BCUT2D eigenvalue weighted by molar-refractivity contribution is -0.122. The number of amides is 1. The number of carbonyl (C=O) groups is 1. The first-order chi connectivity index (χ1) is 7.61. The van der Waals surface area contributed by atoms with Gasteiger partial charge in [0.25, 0.3) is 0 Å². The number of nitrogens with two attached hydrogens (primary N) is 1. The molecular formula is C11H24N2O3. The Kier molecular flexibility index (Phi) is 9.18. The van der Waals surface area contributed by atoms with E-state index in [0.29, 0.717) is 25.5 Å². The number of ether oxygens (including phenoxy) is 1. The Labute approximate surface area is 97.3 Å². The van der Waals surface area contributed by atoms with Crippen LogP contribution in [0.2, 0.25) is 0 Å². The van der Waals surface area contributed by atoms with Crippen LogP contribution >= 0.6 is 0 Å². The number of hydrogen-bond acceptors (Lipinski definition) is 4. The summed E-state index contributed by atoms with van der Waals surface area (Å²) in [5.41, 5.74) is 5.64. The summed E-state index contributed by atoms with van der Waals surface area (Å²) in [7, 11) is 1.58. The smallest absolute Gasteiger partial charge is 0.237 e. The predicted molar refractivity (Wildman–Crippen MR) is 63.0 cm³/mol. The van der Waals surface area contributed by atoms with Crippen molar-refractivity contribution in [2.45, 2.75) is 32.2 Å². The van der Waals surface area contributed by atoms with Gasteiger partial charge in [-0.2, -0.15) is 0 Å². The maximum Gasteiger partial charge on any atom is 0.237 e. The molecule has 0 aliphatic carbocycles. The molecule has 0 rings (SSSR count). The molecule has 0 spiro atoms. The predicted octanol–water partition coefficient (Wildman–Crippen LogP) is -0.125. The minimum Gasteiger partial charge on any atom is -0.396 e. The average molecular weight is 232 g/mol. The summed E-state index contributed by atoms with van der Waals surface area (Å²) in [6.07, 6.45) is 2.31. The van der Waals surface area contributed by atoms with Crippen LogP contribution in [0.25, 0.3) is 0 Å². The van der Waals surface area contributed by atoms with E-state index in [4.69, 9.17) is 15.6 Å². The molecular weight excluding hydrogens is 208 g/mol. The Balaban J connectivity index is 3.49. The number of carbonyl (C=O) groups excluding carboxylic acids is 1. The maximum absolute atomic E-state index is 11.4. The van der Waals surface area contributed by atoms with Crippen LogP contribution in [0.5, 0.6) is 0 Å². The molecule has 2 unspecified atom stereocenters. The monoisotopic (exact) mass is 232 g/mol. The topological polar surface area (TPSA) is 84.6 Å². The summed E-state index contributed by atoms with van der Waals surface area (Å²) < 4.78 is 4.85. The summed E-state index contributed by atoms with van der Waals surface area (Å²) in [5.74, 6) is 0.160. The number of hydrogen-bond donors (Lipinski definition) is 3. The largest absolute Gasteiger partial charge is 0.396 e. The molecule has 0 radical (unpaired) electrons. The van der Waals surface area contributed by atoms with Crippen molar-refractivity contribution in [1.82, 2.24) is 5.32 Å². The van der Waals surface area contributed by atoms with E-state index in [9.17, 15) is 4.79 Å². The van der Waals surface area contributed by atoms with Crippen LogP contribution in [0.1, 0.15) is 26.2 Å². The van der Waals surface area contributed by atoms with Crippen molar-refractivity contribution in [1.29, 1.82) is 0 Å². The molecule has 1 amide bonds. The van der Waals surface area contributed by atoms with E-state index in [0.717, 1.165) is 12.8 Å². The van der Waals surface area contributed by atoms with Gasteiger partial charge < -0.3 is 20.9 Å². The fourth-order valence-corrected chi connectivity index (χ4v) is 1.26. The standard InChI is InChI=1S/C11H24N2O3/c1-9(8-14)4-3-6-13-11(15)10(12)5-7-16-2/h9-10,14H,3-8,12H2,1-2H3,(H,13,15). The lowest BCUT2D eigenvalue weighted by atomic mass is 10.1. The van der Waals surface area contributed by atoms with E-state index in [-0.39, 0.29) is 12.5 Å². The van der Waals surface area contributed by atoms with Gasteiger partial charge in [-0.25, -0.2) is 0 Å². The summed E-state index contributed by atoms with van der Waals surface area (Å²) >= 11 is 0. The SMILES string of the molecule is COCCC(N)C(=O)NCCCC(C)CO. The number of rotatable bonds is 9. The normalized spacial score (nSPS) is 14.5. The summed E-state index contributed by atoms with van der Waals surface area (Å²) in [5, 5.41) is 11.6. The molecule has 0 aromatic rings. The molecule has 0 aliphatic rings. The number of aliphatic hydroxyl groups excluding tert-OH is 1. The Morgan fingerprint density at radius 2 is 2.19 bits per heavy atom. The lowest BCUT2D eigenvalue weighted by Crippen LogP contribution is -2.41. The van der Waals surface area contributed by atoms with E-state index in [1.54, 1.807) is 7.11 Å². The van der Waals surface area contributed by atoms with E-state index in [1.165, 1.54) is 0 Å². The summed E-state index contributed by atoms with van der Waals surface area (Å²) in [4.78, 5) is 11.4. The van der Waals surface area contributed by atoms with Crippen LogP contribution in [0.3, 0.4) is 0 Å². The van der Waals surface area contributed by atoms with Crippen LogP contribution in [-0.4, -0.2) is 43.9 Å². The van der Waals surface area contributed by atoms with Crippen LogP contribution in [0, 0.1) is 5.92 Å². The minimum absolute atomic E-state index is 0.131. The van der Waals surface area contributed by atoms with Gasteiger partial charge in [0, 0.05) is 26.9 Å². The Hall–Kier alpha value is -0.650. The zero-order valence-electron chi connectivity index (χ0n) is 10.2. The molecule has 0 heterocycles. The lowest BCUT2D eigenvalue weighted by Gasteiger charge is -2.12. The van der Waals surface area contributed by atoms with Gasteiger partial charge in [0.05, 0.1) is 6.04 Å². The molecule has 96 valence electrons. The fraction of sp³-hybridized carbons (Fsp3) is 0.909. The highest BCUT2D eigenvalue weighted by atomic mass is 16.5. The second-order valence-electron chi connectivity index (χ2n) is 4.11. The molecule has 0 fully saturated rings. The highest BCUT2D eigenvalue weighted by molar-refractivity contribution is 5.81. The van der Waals surface area contributed by atoms with Gasteiger partial charge in [-0.05, 0) is 25.2 Å². The van der Waals surface area contributed by atoms with Crippen molar-refractivity contribution in [3.05, 3.63) is 0 Å². The third-order valence-electron chi connectivity index (χ3n) is 2.45. The highest BCUT2D eigenvalue weighted by Gasteiger charge is 2.11. The van der Waals surface area contributed by atoms with Crippen molar-refractivity contribution in [2.75, 3.05) is 26.9 Å². The molecule has 5 heteroatoms. The van der Waals surface area contributed by atoms with Gasteiger partial charge in [-0.15, -0.1) is 0 Å². The Morgan fingerprint density at radius 1 is 1.50 bits per heavy atom. The number of nitrogens with one attached hydrogen (secondary N) is 1. The van der Waals surface area contributed by atoms with E-state index in [1.807, 2.05) is 6.92 Å². The third kappa shape index (κ3) is 7.62. The summed E-state index contributed by atoms with van der Waals surface area (Å²) in [6.45, 7) is 3.29. The molecule has 5 nitrogen and oxygen atoms in total. The summed E-state index contributed by atoms with van der Waals surface area (Å²) in [6, 6.07) is -0.491. The fourth-order valence-electron chi connectivity index (χ4n) is 1.26. The highest BCUT2D eigenvalue weighted by Crippen LogP contribution is 2.02. The maximum atomic E-state index is 11.4. The Morgan fingerprint density at radius 3 is 2.75 bits per heavy atom. The molecule has 0 aliphatic heterocycles. The second-order valence-corrected chi connectivity index (χ2v) is 4.11. The van der Waals surface area contributed by atoms with Gasteiger partial charge in [0.2, 0.25) is 5.91 Å². The molecule has 4 N–H and O–H groups in total. The molecule has 0 bridgehead atoms. The molecule has 0 saturated carbocycles. The first-order valence-corrected chi connectivity index (χ1v) is 5.74. The van der Waals surface area contributed by atoms with Crippen molar-refractivity contribution in [3.63, 3.8) is 0 Å². The quantitative estimate of drug-likeness (QED) is 0.484. The van der Waals surface area contributed by atoms with Gasteiger partial charge in [-0.1, -0.05) is 6.92 Å². The van der Waals surface area contributed by atoms with Crippen molar-refractivity contribution >= 4 is 5.91 Å². The first kappa shape index (κ1) is 15.3. The second kappa shape index (κ2) is 9.57. The van der Waals surface area contributed by atoms with E-state index < -0.39 is 6.04 Å². The minimum atomic E-state index is -0.491. The van der Waals surface area contributed by atoms with Crippen LogP contribution in [0.4, 0.5) is 0 Å². The van der Waals surface area contributed by atoms with Gasteiger partial charge in [0.1, 0.15) is 0 Å². The number of aliphatic hydroxyl groups is 1. The van der Waals surface area contributed by atoms with Crippen LogP contribution < -0.4 is 11.1 Å². The van der Waals surface area contributed by atoms with Crippen LogP contribution in [-0.2, 0) is 9.53 Å². The molecule has 0 saturated heterocycles. The van der Waals surface area contributed by atoms with Crippen molar-refractivity contribution < 1.29 is 14.6 Å². The van der Waals surface area contributed by atoms with Gasteiger partial charge >= 0.3 is 0 Å².